The van der Waals surface area contributed by atoms with Crippen LogP contribution in [-0.4, -0.2) is 9.97 Å². The molecule has 0 fully saturated rings. The van der Waals surface area contributed by atoms with Crippen molar-refractivity contribution in [2.45, 2.75) is 0 Å². The fraction of sp³-hybridized carbons (Fsp3) is 0. The molecule has 0 spiro atoms. The number of halogens is 4. The third-order valence-electron chi connectivity index (χ3n) is 1.89. The van der Waals surface area contributed by atoms with Crippen molar-refractivity contribution in [2.75, 3.05) is 0 Å². The molecule has 0 saturated carbocycles. The second kappa shape index (κ2) is 6.22. The Morgan fingerprint density at radius 3 is 2.18 bits per heavy atom. The zero-order valence-electron chi connectivity index (χ0n) is 8.03. The molecule has 0 radical (unpaired) electrons. The average Bonchev–Trinajstić information content (AvgIpc) is 2.32. The van der Waals surface area contributed by atoms with Crippen LogP contribution in [0.3, 0.4) is 0 Å². The molecule has 0 aliphatic carbocycles. The van der Waals surface area contributed by atoms with E-state index < -0.39 is 0 Å². The van der Waals surface area contributed by atoms with Gasteiger partial charge in [-0.1, -0.05) is 52.5 Å². The first-order valence-electron chi connectivity index (χ1n) is 4.22. The van der Waals surface area contributed by atoms with Gasteiger partial charge in [-0.2, -0.15) is 0 Å². The largest absolute Gasteiger partial charge is 0.255 e. The van der Waals surface area contributed by atoms with E-state index in [1.54, 1.807) is 18.3 Å². The van der Waals surface area contributed by atoms with Gasteiger partial charge < -0.3 is 0 Å². The normalized spacial score (nSPS) is 9.88. The molecular formula is C10H4Cl4N2Ni. The Hall–Kier alpha value is -0.0465. The zero-order valence-corrected chi connectivity index (χ0v) is 12.0. The molecule has 0 aliphatic rings. The molecule has 0 aliphatic heterocycles. The topological polar surface area (TPSA) is 25.8 Å². The molecule has 0 saturated heterocycles. The summed E-state index contributed by atoms with van der Waals surface area (Å²) in [6.07, 6.45) is 1.63. The molecule has 92 valence electrons. The molecule has 7 heteroatoms. The fourth-order valence-corrected chi connectivity index (χ4v) is 1.98. The van der Waals surface area contributed by atoms with Crippen molar-refractivity contribution in [3.8, 4) is 11.4 Å². The summed E-state index contributed by atoms with van der Waals surface area (Å²) in [5.41, 5.74) is 1.01. The van der Waals surface area contributed by atoms with Crippen molar-refractivity contribution in [3.05, 3.63) is 44.6 Å². The van der Waals surface area contributed by atoms with Gasteiger partial charge in [-0.05, 0) is 12.1 Å². The number of hydrogen-bond donors (Lipinski definition) is 0. The van der Waals surface area contributed by atoms with Gasteiger partial charge >= 0.3 is 0 Å². The Balaban J connectivity index is 0.00000144. The van der Waals surface area contributed by atoms with Crippen LogP contribution in [0.15, 0.2) is 24.4 Å². The Morgan fingerprint density at radius 1 is 0.882 bits per heavy atom. The summed E-state index contributed by atoms with van der Waals surface area (Å²) in [5.74, 6) is 0. The minimum absolute atomic E-state index is 0. The van der Waals surface area contributed by atoms with Crippen LogP contribution in [0.1, 0.15) is 0 Å². The molecule has 17 heavy (non-hydrogen) atoms. The quantitative estimate of drug-likeness (QED) is 0.546. The SMILES string of the molecule is Clc1nc(-c2ccccn2)c(Cl)c(Cl)c1Cl.[Ni]. The first-order chi connectivity index (χ1) is 7.61. The maximum absolute atomic E-state index is 6.03. The van der Waals surface area contributed by atoms with Crippen LogP contribution in [0.2, 0.25) is 20.2 Å². The van der Waals surface area contributed by atoms with Crippen molar-refractivity contribution < 1.29 is 16.5 Å². The summed E-state index contributed by atoms with van der Waals surface area (Å²) >= 11 is 23.6. The standard InChI is InChI=1S/C10H4Cl4N2.Ni/c11-6-7(12)9(16-10(14)8(6)13)5-3-1-2-4-15-5;/h1-4H;. The minimum Gasteiger partial charge on any atom is -0.255 e. The van der Waals surface area contributed by atoms with Crippen molar-refractivity contribution in [1.82, 2.24) is 9.97 Å². The minimum atomic E-state index is 0. The van der Waals surface area contributed by atoms with Gasteiger partial charge in [0.15, 0.2) is 0 Å². The van der Waals surface area contributed by atoms with Crippen molar-refractivity contribution in [2.24, 2.45) is 0 Å². The van der Waals surface area contributed by atoms with Crippen LogP contribution in [0.25, 0.3) is 11.4 Å². The first kappa shape index (κ1) is 15.0. The summed E-state index contributed by atoms with van der Waals surface area (Å²) in [6.45, 7) is 0. The van der Waals surface area contributed by atoms with E-state index in [0.29, 0.717) is 11.4 Å². The molecule has 0 aromatic carbocycles. The third-order valence-corrected chi connectivity index (χ3v) is 3.57. The average molecular weight is 353 g/mol. The van der Waals surface area contributed by atoms with E-state index in [1.165, 1.54) is 0 Å². The van der Waals surface area contributed by atoms with E-state index >= 15 is 0 Å². The number of aromatic nitrogens is 2. The van der Waals surface area contributed by atoms with E-state index in [-0.39, 0.29) is 36.7 Å². The molecule has 0 N–H and O–H groups in total. The predicted octanol–water partition coefficient (Wildman–Crippen LogP) is 4.75. The summed E-state index contributed by atoms with van der Waals surface area (Å²) in [6, 6.07) is 5.36. The molecule has 0 bridgehead atoms. The Labute approximate surface area is 128 Å². The number of hydrogen-bond acceptors (Lipinski definition) is 2. The third kappa shape index (κ3) is 3.04. The van der Waals surface area contributed by atoms with Crippen LogP contribution in [0.4, 0.5) is 0 Å². The number of pyridine rings is 2. The van der Waals surface area contributed by atoms with Crippen LogP contribution in [0, 0.1) is 0 Å². The monoisotopic (exact) mass is 350 g/mol. The molecule has 0 atom stereocenters. The van der Waals surface area contributed by atoms with Crippen LogP contribution < -0.4 is 0 Å². The van der Waals surface area contributed by atoms with Gasteiger partial charge in [0.05, 0.1) is 20.8 Å². The van der Waals surface area contributed by atoms with E-state index in [4.69, 9.17) is 46.4 Å². The zero-order chi connectivity index (χ0) is 11.7. The van der Waals surface area contributed by atoms with E-state index in [0.717, 1.165) is 0 Å². The summed E-state index contributed by atoms with van der Waals surface area (Å²) in [4.78, 5) is 8.17. The Kier molecular flexibility index (Phi) is 5.49. The van der Waals surface area contributed by atoms with E-state index in [1.807, 2.05) is 6.07 Å². The van der Waals surface area contributed by atoms with Crippen LogP contribution >= 0.6 is 46.4 Å². The van der Waals surface area contributed by atoms with Crippen molar-refractivity contribution in [1.29, 1.82) is 0 Å². The summed E-state index contributed by atoms with van der Waals surface area (Å²) < 4.78 is 0. The van der Waals surface area contributed by atoms with Gasteiger partial charge in [-0.3, -0.25) is 4.98 Å². The maximum Gasteiger partial charge on any atom is 0.150 e. The Morgan fingerprint density at radius 2 is 1.59 bits per heavy atom. The summed E-state index contributed by atoms with van der Waals surface area (Å²) in [5, 5.41) is 0.684. The number of nitrogens with zero attached hydrogens (tertiary/aromatic N) is 2. The molecule has 0 unspecified atom stereocenters. The smallest absolute Gasteiger partial charge is 0.150 e. The Bertz CT molecular complexity index is 534. The second-order valence-electron chi connectivity index (χ2n) is 2.91. The first-order valence-corrected chi connectivity index (χ1v) is 5.74. The molecule has 0 amide bonds. The molecule has 2 aromatic rings. The molecule has 2 nitrogen and oxygen atoms in total. The van der Waals surface area contributed by atoms with Crippen LogP contribution in [-0.2, 0) is 16.5 Å². The van der Waals surface area contributed by atoms with Crippen molar-refractivity contribution in [3.63, 3.8) is 0 Å². The van der Waals surface area contributed by atoms with Gasteiger partial charge in [0.25, 0.3) is 0 Å². The second-order valence-corrected chi connectivity index (χ2v) is 4.40. The molecule has 2 rings (SSSR count). The van der Waals surface area contributed by atoms with Gasteiger partial charge in [0.1, 0.15) is 10.8 Å². The number of rotatable bonds is 1. The van der Waals surface area contributed by atoms with Crippen LogP contribution in [0.5, 0.6) is 0 Å². The molecular weight excluding hydrogens is 349 g/mol. The van der Waals surface area contributed by atoms with Gasteiger partial charge in [-0.25, -0.2) is 4.98 Å². The molecule has 2 heterocycles. The van der Waals surface area contributed by atoms with Gasteiger partial charge in [-0.15, -0.1) is 0 Å². The van der Waals surface area contributed by atoms with Gasteiger partial charge in [0.2, 0.25) is 0 Å². The maximum atomic E-state index is 6.03. The van der Waals surface area contributed by atoms with Gasteiger partial charge in [0, 0.05) is 22.7 Å². The van der Waals surface area contributed by atoms with E-state index in [2.05, 4.69) is 9.97 Å². The van der Waals surface area contributed by atoms with Crippen molar-refractivity contribution >= 4 is 46.4 Å². The fourth-order valence-electron chi connectivity index (χ4n) is 1.16. The predicted molar refractivity (Wildman–Crippen MR) is 67.5 cm³/mol. The molecule has 2 aromatic heterocycles. The summed E-state index contributed by atoms with van der Waals surface area (Å²) in [7, 11) is 0. The van der Waals surface area contributed by atoms with E-state index in [9.17, 15) is 0 Å².